The molecule has 3 aliphatic rings. The average Bonchev–Trinajstić information content (AvgIpc) is 2.99. The van der Waals surface area contributed by atoms with E-state index in [2.05, 4.69) is 28.8 Å². The first-order chi connectivity index (χ1) is 11.6. The van der Waals surface area contributed by atoms with Crippen LogP contribution in [0.5, 0.6) is 0 Å². The number of carbonyl (C=O) groups is 1. The Balaban J connectivity index is 1.48. The molecule has 1 saturated heterocycles. The fourth-order valence-corrected chi connectivity index (χ4v) is 9.00. The van der Waals surface area contributed by atoms with Crippen molar-refractivity contribution in [2.75, 3.05) is 16.8 Å². The van der Waals surface area contributed by atoms with E-state index in [4.69, 9.17) is 11.6 Å². The lowest BCUT2D eigenvalue weighted by Gasteiger charge is -2.52. The van der Waals surface area contributed by atoms with Gasteiger partial charge in [0.25, 0.3) is 0 Å². The lowest BCUT2D eigenvalue weighted by Crippen LogP contribution is -2.48. The highest BCUT2D eigenvalue weighted by atomic mass is 35.5. The molecule has 1 N–H and O–H groups in total. The molecule has 1 aromatic carbocycles. The standard InChI is InChI=1S/C19H24ClNOS2/c1-12-5-6-17(16(20)9-12)21-18(22)13-10-14-3-2-4-15(11-13)19(14)23-7-8-24-19/h5-6,9,13-15H,2-4,7-8,10-11H2,1H3,(H,21,22)/t13?,14-,15+. The van der Waals surface area contributed by atoms with Crippen LogP contribution in [0.3, 0.4) is 0 Å². The largest absolute Gasteiger partial charge is 0.325 e. The third-order valence-electron chi connectivity index (χ3n) is 5.87. The maximum absolute atomic E-state index is 12.9. The predicted octanol–water partition coefficient (Wildman–Crippen LogP) is 5.59. The number of thioether (sulfide) groups is 2. The minimum atomic E-state index is 0.144. The zero-order valence-electron chi connectivity index (χ0n) is 14.0. The average molecular weight is 382 g/mol. The Bertz CT molecular complexity index is 628. The molecule has 24 heavy (non-hydrogen) atoms. The summed E-state index contributed by atoms with van der Waals surface area (Å²) in [5.41, 5.74) is 1.87. The van der Waals surface area contributed by atoms with Gasteiger partial charge in [0, 0.05) is 17.4 Å². The van der Waals surface area contributed by atoms with Gasteiger partial charge in [0.05, 0.1) is 14.8 Å². The Hall–Kier alpha value is -0.320. The van der Waals surface area contributed by atoms with E-state index in [-0.39, 0.29) is 11.8 Å². The molecule has 130 valence electrons. The van der Waals surface area contributed by atoms with Crippen molar-refractivity contribution in [3.63, 3.8) is 0 Å². The van der Waals surface area contributed by atoms with Gasteiger partial charge < -0.3 is 5.32 Å². The number of rotatable bonds is 2. The molecule has 0 aromatic heterocycles. The zero-order valence-corrected chi connectivity index (χ0v) is 16.4. The van der Waals surface area contributed by atoms with Gasteiger partial charge in [0.2, 0.25) is 5.91 Å². The number of benzene rings is 1. The van der Waals surface area contributed by atoms with Gasteiger partial charge in [-0.15, -0.1) is 23.5 Å². The molecule has 3 atom stereocenters. The Morgan fingerprint density at radius 1 is 1.21 bits per heavy atom. The van der Waals surface area contributed by atoms with Crippen LogP contribution in [0.1, 0.15) is 37.7 Å². The van der Waals surface area contributed by atoms with E-state index in [0.717, 1.165) is 24.1 Å². The Morgan fingerprint density at radius 2 is 1.88 bits per heavy atom. The molecular weight excluding hydrogens is 358 g/mol. The molecule has 5 heteroatoms. The van der Waals surface area contributed by atoms with E-state index in [0.29, 0.717) is 20.9 Å². The van der Waals surface area contributed by atoms with Crippen LogP contribution in [0.25, 0.3) is 0 Å². The molecule has 2 saturated carbocycles. The van der Waals surface area contributed by atoms with Gasteiger partial charge in [-0.1, -0.05) is 24.1 Å². The summed E-state index contributed by atoms with van der Waals surface area (Å²) in [6.45, 7) is 2.01. The van der Waals surface area contributed by atoms with E-state index in [1.807, 2.05) is 25.1 Å². The zero-order chi connectivity index (χ0) is 16.7. The van der Waals surface area contributed by atoms with Gasteiger partial charge >= 0.3 is 0 Å². The van der Waals surface area contributed by atoms with Crippen LogP contribution in [0.4, 0.5) is 5.69 Å². The first-order valence-corrected chi connectivity index (χ1v) is 11.3. The highest BCUT2D eigenvalue weighted by Crippen LogP contribution is 2.64. The second-order valence-electron chi connectivity index (χ2n) is 7.38. The van der Waals surface area contributed by atoms with E-state index >= 15 is 0 Å². The number of amides is 1. The summed E-state index contributed by atoms with van der Waals surface area (Å²) in [6.07, 6.45) is 6.03. The van der Waals surface area contributed by atoms with E-state index in [9.17, 15) is 4.79 Å². The minimum absolute atomic E-state index is 0.144. The van der Waals surface area contributed by atoms with Crippen LogP contribution in [-0.4, -0.2) is 21.5 Å². The maximum atomic E-state index is 12.9. The number of halogens is 1. The number of hydrogen-bond donors (Lipinski definition) is 1. The monoisotopic (exact) mass is 381 g/mol. The van der Waals surface area contributed by atoms with Crippen molar-refractivity contribution in [2.24, 2.45) is 17.8 Å². The van der Waals surface area contributed by atoms with Crippen molar-refractivity contribution in [1.29, 1.82) is 0 Å². The van der Waals surface area contributed by atoms with Gasteiger partial charge in [0.1, 0.15) is 0 Å². The normalized spacial score (nSPS) is 31.2. The molecule has 0 radical (unpaired) electrons. The Morgan fingerprint density at radius 3 is 2.50 bits per heavy atom. The molecule has 2 bridgehead atoms. The molecule has 1 aliphatic heterocycles. The summed E-state index contributed by atoms with van der Waals surface area (Å²) < 4.78 is 0.427. The van der Waals surface area contributed by atoms with Crippen molar-refractivity contribution in [3.8, 4) is 0 Å². The van der Waals surface area contributed by atoms with E-state index in [1.165, 1.54) is 30.8 Å². The summed E-state index contributed by atoms with van der Waals surface area (Å²) in [5.74, 6) is 4.28. The Kier molecular flexibility index (Phi) is 4.83. The molecule has 1 heterocycles. The second kappa shape index (κ2) is 6.77. The van der Waals surface area contributed by atoms with E-state index in [1.54, 1.807) is 0 Å². The summed E-state index contributed by atoms with van der Waals surface area (Å²) in [5, 5.41) is 3.73. The van der Waals surface area contributed by atoms with Gasteiger partial charge in [-0.3, -0.25) is 4.79 Å². The smallest absolute Gasteiger partial charge is 0.227 e. The number of hydrogen-bond acceptors (Lipinski definition) is 3. The molecule has 1 unspecified atom stereocenters. The van der Waals surface area contributed by atoms with Crippen molar-refractivity contribution in [1.82, 2.24) is 0 Å². The van der Waals surface area contributed by atoms with Crippen molar-refractivity contribution in [3.05, 3.63) is 28.8 Å². The van der Waals surface area contributed by atoms with Crippen LogP contribution in [0.2, 0.25) is 5.02 Å². The SMILES string of the molecule is Cc1ccc(NC(=O)C2C[C@H]3CCC[C@@H](C2)C32SCCS2)c(Cl)c1. The molecule has 1 spiro atoms. The summed E-state index contributed by atoms with van der Waals surface area (Å²) in [6, 6.07) is 5.83. The summed E-state index contributed by atoms with van der Waals surface area (Å²) in [4.78, 5) is 12.9. The van der Waals surface area contributed by atoms with Gasteiger partial charge in [0.15, 0.2) is 0 Å². The summed E-state index contributed by atoms with van der Waals surface area (Å²) >= 11 is 10.7. The minimum Gasteiger partial charge on any atom is -0.325 e. The highest BCUT2D eigenvalue weighted by Gasteiger charge is 2.55. The lowest BCUT2D eigenvalue weighted by atomic mass is 9.67. The summed E-state index contributed by atoms with van der Waals surface area (Å²) in [7, 11) is 0. The number of carbonyl (C=O) groups excluding carboxylic acids is 1. The van der Waals surface area contributed by atoms with Crippen LogP contribution in [0, 0.1) is 24.7 Å². The third kappa shape index (κ3) is 2.99. The number of nitrogens with one attached hydrogen (secondary N) is 1. The van der Waals surface area contributed by atoms with Crippen LogP contribution in [-0.2, 0) is 4.79 Å². The number of aryl methyl sites for hydroxylation is 1. The molecule has 2 nitrogen and oxygen atoms in total. The van der Waals surface area contributed by atoms with E-state index < -0.39 is 0 Å². The Labute approximate surface area is 157 Å². The maximum Gasteiger partial charge on any atom is 0.227 e. The van der Waals surface area contributed by atoms with Gasteiger partial charge in [-0.05, 0) is 62.1 Å². The third-order valence-corrected chi connectivity index (χ3v) is 10.2. The first kappa shape index (κ1) is 17.1. The highest BCUT2D eigenvalue weighted by molar-refractivity contribution is 8.21. The van der Waals surface area contributed by atoms with Crippen molar-refractivity contribution < 1.29 is 4.79 Å². The lowest BCUT2D eigenvalue weighted by molar-refractivity contribution is -0.122. The molecule has 3 fully saturated rings. The van der Waals surface area contributed by atoms with Crippen LogP contribution >= 0.6 is 35.1 Å². The molecule has 2 aliphatic carbocycles. The predicted molar refractivity (Wildman–Crippen MR) is 106 cm³/mol. The topological polar surface area (TPSA) is 29.1 Å². The van der Waals surface area contributed by atoms with Gasteiger partial charge in [-0.2, -0.15) is 0 Å². The van der Waals surface area contributed by atoms with Gasteiger partial charge in [-0.25, -0.2) is 0 Å². The molecule has 1 aromatic rings. The quantitative estimate of drug-likeness (QED) is 0.723. The van der Waals surface area contributed by atoms with Crippen molar-refractivity contribution >= 4 is 46.7 Å². The first-order valence-electron chi connectivity index (χ1n) is 8.93. The molecular formula is C19H24ClNOS2. The fraction of sp³-hybridized carbons (Fsp3) is 0.632. The fourth-order valence-electron chi connectivity index (χ4n) is 4.78. The second-order valence-corrected chi connectivity index (χ2v) is 10.8. The molecule has 1 amide bonds. The number of anilines is 1. The van der Waals surface area contributed by atoms with Crippen molar-refractivity contribution in [2.45, 2.75) is 43.1 Å². The molecule has 4 rings (SSSR count). The van der Waals surface area contributed by atoms with Crippen LogP contribution < -0.4 is 5.32 Å². The van der Waals surface area contributed by atoms with Crippen LogP contribution in [0.15, 0.2) is 18.2 Å².